The number of hydrogen-bond acceptors (Lipinski definition) is 3. The van der Waals surface area contributed by atoms with Crippen molar-refractivity contribution in [3.8, 4) is 11.8 Å². The zero-order valence-corrected chi connectivity index (χ0v) is 15.7. The predicted molar refractivity (Wildman–Crippen MR) is 109 cm³/mol. The maximum Gasteiger partial charge on any atom is 0.261 e. The third kappa shape index (κ3) is 5.22. The van der Waals surface area contributed by atoms with E-state index in [-0.39, 0.29) is 17.3 Å². The molecule has 0 spiro atoms. The van der Waals surface area contributed by atoms with Crippen molar-refractivity contribution in [1.29, 1.82) is 0 Å². The van der Waals surface area contributed by atoms with E-state index in [1.165, 1.54) is 12.1 Å². The highest BCUT2D eigenvalue weighted by atomic mass is 32.2. The van der Waals surface area contributed by atoms with Crippen molar-refractivity contribution in [2.75, 3.05) is 11.3 Å². The summed E-state index contributed by atoms with van der Waals surface area (Å²) >= 11 is 0. The van der Waals surface area contributed by atoms with Gasteiger partial charge in [0.1, 0.15) is 0 Å². The molecule has 0 bridgehead atoms. The molecule has 0 aliphatic rings. The summed E-state index contributed by atoms with van der Waals surface area (Å²) in [5.41, 5.74) is 1.68. The van der Waals surface area contributed by atoms with Crippen molar-refractivity contribution in [3.63, 3.8) is 0 Å². The number of rotatable bonds is 5. The van der Waals surface area contributed by atoms with Crippen LogP contribution in [0.2, 0.25) is 0 Å². The fourth-order valence-electron chi connectivity index (χ4n) is 2.40. The van der Waals surface area contributed by atoms with Gasteiger partial charge in [-0.2, -0.15) is 0 Å². The molecule has 5 nitrogen and oxygen atoms in total. The second-order valence-corrected chi connectivity index (χ2v) is 7.53. The van der Waals surface area contributed by atoms with Gasteiger partial charge in [0.25, 0.3) is 15.9 Å². The minimum Gasteiger partial charge on any atom is -0.341 e. The van der Waals surface area contributed by atoms with Crippen LogP contribution >= 0.6 is 0 Å². The molecule has 0 heterocycles. The molecule has 3 aromatic carbocycles. The molecule has 0 fully saturated rings. The van der Waals surface area contributed by atoms with Crippen LogP contribution in [0.4, 0.5) is 5.69 Å². The summed E-state index contributed by atoms with van der Waals surface area (Å²) in [6, 6.07) is 23.8. The number of carbonyl (C=O) groups is 1. The smallest absolute Gasteiger partial charge is 0.261 e. The molecule has 0 aliphatic carbocycles. The number of nitrogens with one attached hydrogen (secondary N) is 2. The Labute approximate surface area is 164 Å². The summed E-state index contributed by atoms with van der Waals surface area (Å²) in [6.45, 7) is 0.218. The Morgan fingerprint density at radius 2 is 1.43 bits per heavy atom. The van der Waals surface area contributed by atoms with Crippen molar-refractivity contribution in [2.24, 2.45) is 0 Å². The molecule has 0 radical (unpaired) electrons. The molecular formula is C22H18N2O3S. The Morgan fingerprint density at radius 3 is 2.07 bits per heavy atom. The fraction of sp³-hybridized carbons (Fsp3) is 0.0455. The second kappa shape index (κ2) is 8.89. The molecule has 0 atom stereocenters. The van der Waals surface area contributed by atoms with Gasteiger partial charge in [0, 0.05) is 16.8 Å². The summed E-state index contributed by atoms with van der Waals surface area (Å²) in [6.07, 6.45) is 0. The molecule has 0 saturated carbocycles. The summed E-state index contributed by atoms with van der Waals surface area (Å²) in [7, 11) is -3.66. The van der Waals surface area contributed by atoms with Gasteiger partial charge in [0.2, 0.25) is 0 Å². The van der Waals surface area contributed by atoms with Crippen LogP contribution in [0.3, 0.4) is 0 Å². The zero-order valence-electron chi connectivity index (χ0n) is 14.9. The number of benzene rings is 3. The van der Waals surface area contributed by atoms with Gasteiger partial charge in [-0.1, -0.05) is 48.2 Å². The fourth-order valence-corrected chi connectivity index (χ4v) is 3.48. The van der Waals surface area contributed by atoms with Crippen LogP contribution < -0.4 is 10.0 Å². The lowest BCUT2D eigenvalue weighted by molar-refractivity contribution is 0.0958. The molecule has 2 N–H and O–H groups in total. The van der Waals surface area contributed by atoms with Crippen LogP contribution in [0, 0.1) is 11.8 Å². The summed E-state index contributed by atoms with van der Waals surface area (Å²) in [5, 5.41) is 2.71. The Morgan fingerprint density at radius 1 is 0.821 bits per heavy atom. The zero-order chi connectivity index (χ0) is 19.8. The van der Waals surface area contributed by atoms with Crippen LogP contribution in [-0.4, -0.2) is 20.9 Å². The molecule has 6 heteroatoms. The third-order valence-electron chi connectivity index (χ3n) is 3.80. The van der Waals surface area contributed by atoms with E-state index in [4.69, 9.17) is 0 Å². The largest absolute Gasteiger partial charge is 0.341 e. The summed E-state index contributed by atoms with van der Waals surface area (Å²) in [4.78, 5) is 12.3. The number of hydrogen-bond donors (Lipinski definition) is 2. The number of carbonyl (C=O) groups excluding carboxylic acids is 1. The Hall–Kier alpha value is -3.56. The highest BCUT2D eigenvalue weighted by Gasteiger charge is 2.13. The van der Waals surface area contributed by atoms with Gasteiger partial charge >= 0.3 is 0 Å². The molecule has 0 aromatic heterocycles. The van der Waals surface area contributed by atoms with E-state index in [1.807, 2.05) is 30.3 Å². The van der Waals surface area contributed by atoms with Crippen LogP contribution in [0.5, 0.6) is 0 Å². The van der Waals surface area contributed by atoms with E-state index in [9.17, 15) is 13.2 Å². The van der Waals surface area contributed by atoms with Crippen LogP contribution in [0.1, 0.15) is 15.9 Å². The van der Waals surface area contributed by atoms with Crippen LogP contribution in [-0.2, 0) is 10.0 Å². The standard InChI is InChI=1S/C22H18N2O3S/c25-22(23-17-7-10-18-8-3-1-4-9-18)19-13-15-20(16-14-19)24-28(26,27)21-11-5-2-6-12-21/h1-6,8-9,11-16,24H,17H2,(H,23,25). The van der Waals surface area contributed by atoms with Gasteiger partial charge in [-0.05, 0) is 48.5 Å². The first-order chi connectivity index (χ1) is 13.5. The lowest BCUT2D eigenvalue weighted by Gasteiger charge is -2.08. The van der Waals surface area contributed by atoms with Crippen molar-refractivity contribution < 1.29 is 13.2 Å². The van der Waals surface area contributed by atoms with E-state index < -0.39 is 10.0 Å². The van der Waals surface area contributed by atoms with E-state index >= 15 is 0 Å². The highest BCUT2D eigenvalue weighted by Crippen LogP contribution is 2.16. The first-order valence-electron chi connectivity index (χ1n) is 8.55. The average Bonchev–Trinajstić information content (AvgIpc) is 2.73. The monoisotopic (exact) mass is 390 g/mol. The molecule has 3 rings (SSSR count). The predicted octanol–water partition coefficient (Wildman–Crippen LogP) is 3.27. The molecule has 3 aromatic rings. The minimum absolute atomic E-state index is 0.175. The number of anilines is 1. The topological polar surface area (TPSA) is 75.3 Å². The summed E-state index contributed by atoms with van der Waals surface area (Å²) in [5.74, 6) is 5.57. The molecule has 28 heavy (non-hydrogen) atoms. The van der Waals surface area contributed by atoms with Crippen molar-refractivity contribution in [1.82, 2.24) is 5.32 Å². The lowest BCUT2D eigenvalue weighted by atomic mass is 10.2. The number of amides is 1. The normalized spacial score (nSPS) is 10.4. The molecule has 0 saturated heterocycles. The lowest BCUT2D eigenvalue weighted by Crippen LogP contribution is -2.23. The maximum atomic E-state index is 12.3. The van der Waals surface area contributed by atoms with E-state index in [1.54, 1.807) is 42.5 Å². The maximum absolute atomic E-state index is 12.3. The first-order valence-corrected chi connectivity index (χ1v) is 10.0. The Kier molecular flexibility index (Phi) is 6.10. The van der Waals surface area contributed by atoms with Gasteiger partial charge in [-0.25, -0.2) is 8.42 Å². The van der Waals surface area contributed by atoms with Crippen molar-refractivity contribution in [2.45, 2.75) is 4.90 Å². The van der Waals surface area contributed by atoms with Crippen molar-refractivity contribution in [3.05, 3.63) is 96.1 Å². The van der Waals surface area contributed by atoms with Gasteiger partial charge in [-0.15, -0.1) is 0 Å². The number of sulfonamides is 1. The third-order valence-corrected chi connectivity index (χ3v) is 5.19. The van der Waals surface area contributed by atoms with Gasteiger partial charge < -0.3 is 5.32 Å². The van der Waals surface area contributed by atoms with Crippen LogP contribution in [0.15, 0.2) is 89.8 Å². The van der Waals surface area contributed by atoms with Gasteiger partial charge in [-0.3, -0.25) is 9.52 Å². The van der Waals surface area contributed by atoms with E-state index in [0.29, 0.717) is 11.3 Å². The first kappa shape index (κ1) is 19.2. The van der Waals surface area contributed by atoms with Gasteiger partial charge in [0.15, 0.2) is 0 Å². The van der Waals surface area contributed by atoms with Crippen LogP contribution in [0.25, 0.3) is 0 Å². The van der Waals surface area contributed by atoms with Gasteiger partial charge in [0.05, 0.1) is 11.4 Å². The minimum atomic E-state index is -3.66. The van der Waals surface area contributed by atoms with E-state index in [0.717, 1.165) is 5.56 Å². The summed E-state index contributed by atoms with van der Waals surface area (Å²) < 4.78 is 27.1. The SMILES string of the molecule is O=C(NCC#Cc1ccccc1)c1ccc(NS(=O)(=O)c2ccccc2)cc1. The molecular weight excluding hydrogens is 372 g/mol. The second-order valence-electron chi connectivity index (χ2n) is 5.85. The quantitative estimate of drug-likeness (QED) is 0.657. The molecule has 0 unspecified atom stereocenters. The molecule has 0 aliphatic heterocycles. The molecule has 140 valence electrons. The highest BCUT2D eigenvalue weighted by molar-refractivity contribution is 7.92. The Balaban J connectivity index is 1.58. The Bertz CT molecular complexity index is 1100. The van der Waals surface area contributed by atoms with E-state index in [2.05, 4.69) is 21.9 Å². The molecule has 1 amide bonds. The average molecular weight is 390 g/mol. The van der Waals surface area contributed by atoms with Crippen molar-refractivity contribution >= 4 is 21.6 Å².